The fourth-order valence-electron chi connectivity index (χ4n) is 2.77. The maximum Gasteiger partial charge on any atom is 0.308 e. The molecule has 152 valence electrons. The first-order valence-corrected chi connectivity index (χ1v) is 10.2. The Morgan fingerprint density at radius 2 is 2.00 bits per heavy atom. The highest BCUT2D eigenvalue weighted by Gasteiger charge is 2.15. The van der Waals surface area contributed by atoms with E-state index in [1.165, 1.54) is 42.0 Å². The number of thiazole rings is 1. The molecule has 4 rings (SSSR count). The minimum absolute atomic E-state index is 0.260. The summed E-state index contributed by atoms with van der Waals surface area (Å²) in [5.41, 5.74) is 0.956. The van der Waals surface area contributed by atoms with Crippen LogP contribution in [0, 0.1) is 5.82 Å². The molecule has 0 atom stereocenters. The molecule has 0 saturated heterocycles. The number of hydrogen-bond acceptors (Lipinski definition) is 7. The number of hydrogen-bond donors (Lipinski definition) is 0. The second-order valence-electron chi connectivity index (χ2n) is 6.18. The molecule has 0 fully saturated rings. The Morgan fingerprint density at radius 3 is 2.63 bits per heavy atom. The van der Waals surface area contributed by atoms with Gasteiger partial charge >= 0.3 is 5.97 Å². The summed E-state index contributed by atoms with van der Waals surface area (Å²) >= 11 is 4.54. The molecular formula is C20H13BrFN3O4S. The zero-order valence-corrected chi connectivity index (χ0v) is 18.1. The monoisotopic (exact) mass is 489 g/mol. The van der Waals surface area contributed by atoms with Gasteiger partial charge in [0.05, 0.1) is 16.1 Å². The number of nitrogens with zero attached hydrogens (tertiary/aromatic N) is 3. The topological polar surface area (TPSA) is 82.8 Å². The Morgan fingerprint density at radius 1 is 1.27 bits per heavy atom. The van der Waals surface area contributed by atoms with Gasteiger partial charge in [0, 0.05) is 12.5 Å². The highest BCUT2D eigenvalue weighted by molar-refractivity contribution is 9.10. The molecule has 0 N–H and O–H groups in total. The van der Waals surface area contributed by atoms with Crippen LogP contribution in [0.5, 0.6) is 11.5 Å². The molecule has 2 heterocycles. The van der Waals surface area contributed by atoms with Crippen molar-refractivity contribution in [1.29, 1.82) is 0 Å². The Bertz CT molecular complexity index is 1380. The molecule has 10 heteroatoms. The van der Waals surface area contributed by atoms with Crippen LogP contribution in [-0.4, -0.2) is 27.7 Å². The predicted molar refractivity (Wildman–Crippen MR) is 113 cm³/mol. The van der Waals surface area contributed by atoms with E-state index in [9.17, 15) is 14.0 Å². The summed E-state index contributed by atoms with van der Waals surface area (Å²) in [5, 5.41) is 4.24. The van der Waals surface area contributed by atoms with E-state index < -0.39 is 5.97 Å². The van der Waals surface area contributed by atoms with Gasteiger partial charge in [-0.3, -0.25) is 9.59 Å². The van der Waals surface area contributed by atoms with Crippen LogP contribution in [0.15, 0.2) is 45.7 Å². The summed E-state index contributed by atoms with van der Waals surface area (Å²) in [5.74, 6) is 0.116. The van der Waals surface area contributed by atoms with E-state index in [1.807, 2.05) is 0 Å². The van der Waals surface area contributed by atoms with Crippen molar-refractivity contribution < 1.29 is 18.7 Å². The number of fused-ring (bicyclic) bond motifs is 1. The second kappa shape index (κ2) is 7.96. The average Bonchev–Trinajstić information content (AvgIpc) is 3.24. The van der Waals surface area contributed by atoms with Gasteiger partial charge in [-0.15, -0.1) is 5.10 Å². The fraction of sp³-hybridized carbons (Fsp3) is 0.100. The molecule has 0 amide bonds. The third-order valence-electron chi connectivity index (χ3n) is 4.08. The van der Waals surface area contributed by atoms with Crippen molar-refractivity contribution >= 4 is 44.3 Å². The van der Waals surface area contributed by atoms with Gasteiger partial charge in [0.1, 0.15) is 5.82 Å². The Hall–Kier alpha value is -3.11. The summed E-state index contributed by atoms with van der Waals surface area (Å²) < 4.78 is 25.7. The number of aromatic nitrogens is 3. The number of esters is 1. The van der Waals surface area contributed by atoms with E-state index >= 15 is 0 Å². The summed E-state index contributed by atoms with van der Waals surface area (Å²) in [7, 11) is 1.46. The van der Waals surface area contributed by atoms with Crippen LogP contribution in [0.3, 0.4) is 0 Å². The van der Waals surface area contributed by atoms with Gasteiger partial charge in [0.2, 0.25) is 4.96 Å². The first-order valence-electron chi connectivity index (χ1n) is 8.59. The van der Waals surface area contributed by atoms with E-state index in [0.717, 1.165) is 0 Å². The third kappa shape index (κ3) is 3.83. The molecule has 2 aromatic heterocycles. The SMILES string of the molecule is COc1cc(/C=c2\sc3nc(-c4ccc(F)cc4)nn3c2=O)cc(Br)c1OC(C)=O. The maximum absolute atomic E-state index is 13.1. The van der Waals surface area contributed by atoms with Gasteiger partial charge in [-0.2, -0.15) is 9.50 Å². The lowest BCUT2D eigenvalue weighted by Crippen LogP contribution is -2.23. The molecule has 0 aliphatic heterocycles. The number of ether oxygens (including phenoxy) is 2. The molecule has 0 aliphatic rings. The van der Waals surface area contributed by atoms with E-state index in [0.29, 0.717) is 36.7 Å². The van der Waals surface area contributed by atoms with E-state index in [-0.39, 0.29) is 17.1 Å². The predicted octanol–water partition coefficient (Wildman–Crippen LogP) is 3.20. The maximum atomic E-state index is 13.1. The first kappa shape index (κ1) is 20.2. The molecule has 2 aromatic carbocycles. The van der Waals surface area contributed by atoms with Gasteiger partial charge in [-0.05, 0) is 64.0 Å². The molecular weight excluding hydrogens is 477 g/mol. The van der Waals surface area contributed by atoms with Gasteiger partial charge in [-0.25, -0.2) is 4.39 Å². The minimum atomic E-state index is -0.477. The fourth-order valence-corrected chi connectivity index (χ4v) is 4.22. The van der Waals surface area contributed by atoms with Crippen LogP contribution in [-0.2, 0) is 4.79 Å². The lowest BCUT2D eigenvalue weighted by molar-refractivity contribution is -0.132. The van der Waals surface area contributed by atoms with E-state index in [2.05, 4.69) is 26.0 Å². The lowest BCUT2D eigenvalue weighted by atomic mass is 10.2. The van der Waals surface area contributed by atoms with Crippen LogP contribution in [0.2, 0.25) is 0 Å². The normalized spacial score (nSPS) is 11.8. The largest absolute Gasteiger partial charge is 0.493 e. The van der Waals surface area contributed by atoms with E-state index in [4.69, 9.17) is 9.47 Å². The van der Waals surface area contributed by atoms with Crippen LogP contribution in [0.1, 0.15) is 12.5 Å². The van der Waals surface area contributed by atoms with Crippen LogP contribution in [0.4, 0.5) is 4.39 Å². The summed E-state index contributed by atoms with van der Waals surface area (Å²) in [6.45, 7) is 1.30. The van der Waals surface area contributed by atoms with Crippen molar-refractivity contribution in [2.45, 2.75) is 6.92 Å². The average molecular weight is 490 g/mol. The number of benzene rings is 2. The standard InChI is InChI=1S/C20H13BrFN3O4S/c1-10(26)29-17-14(21)7-11(8-15(17)28-2)9-16-19(27)25-20(30-16)23-18(24-25)12-3-5-13(22)6-4-12/h3-9H,1-2H3/b16-9-. The smallest absolute Gasteiger partial charge is 0.308 e. The zero-order chi connectivity index (χ0) is 21.4. The van der Waals surface area contributed by atoms with Crippen molar-refractivity contribution in [3.05, 3.63) is 67.1 Å². The number of halogens is 2. The number of carbonyl (C=O) groups is 1. The Balaban J connectivity index is 1.76. The van der Waals surface area contributed by atoms with Crippen molar-refractivity contribution in [2.75, 3.05) is 7.11 Å². The van der Waals surface area contributed by atoms with Gasteiger partial charge < -0.3 is 9.47 Å². The highest BCUT2D eigenvalue weighted by Crippen LogP contribution is 2.37. The molecule has 0 bridgehead atoms. The quantitative estimate of drug-likeness (QED) is 0.323. The van der Waals surface area contributed by atoms with E-state index in [1.54, 1.807) is 30.3 Å². The molecule has 0 aliphatic carbocycles. The Kier molecular flexibility index (Phi) is 5.35. The van der Waals surface area contributed by atoms with Crippen molar-refractivity contribution in [2.24, 2.45) is 0 Å². The molecule has 7 nitrogen and oxygen atoms in total. The lowest BCUT2D eigenvalue weighted by Gasteiger charge is -2.10. The third-order valence-corrected chi connectivity index (χ3v) is 5.63. The number of rotatable bonds is 4. The van der Waals surface area contributed by atoms with Crippen molar-refractivity contribution in [3.63, 3.8) is 0 Å². The minimum Gasteiger partial charge on any atom is -0.493 e. The van der Waals surface area contributed by atoms with Crippen LogP contribution in [0.25, 0.3) is 22.4 Å². The van der Waals surface area contributed by atoms with Crippen molar-refractivity contribution in [3.8, 4) is 22.9 Å². The van der Waals surface area contributed by atoms with Gasteiger partial charge in [-0.1, -0.05) is 11.3 Å². The second-order valence-corrected chi connectivity index (χ2v) is 8.04. The zero-order valence-electron chi connectivity index (χ0n) is 15.7. The summed E-state index contributed by atoms with van der Waals surface area (Å²) in [4.78, 5) is 28.8. The van der Waals surface area contributed by atoms with Crippen LogP contribution >= 0.6 is 27.3 Å². The molecule has 30 heavy (non-hydrogen) atoms. The van der Waals surface area contributed by atoms with Gasteiger partial charge in [0.25, 0.3) is 5.56 Å². The molecule has 0 spiro atoms. The molecule has 0 unspecified atom stereocenters. The number of methoxy groups -OCH3 is 1. The molecule has 0 saturated carbocycles. The molecule has 0 radical (unpaired) electrons. The highest BCUT2D eigenvalue weighted by atomic mass is 79.9. The Labute approximate surface area is 181 Å². The van der Waals surface area contributed by atoms with Gasteiger partial charge in [0.15, 0.2) is 17.3 Å². The summed E-state index contributed by atoms with van der Waals surface area (Å²) in [6, 6.07) is 9.10. The first-order chi connectivity index (χ1) is 14.4. The number of carbonyl (C=O) groups excluding carboxylic acids is 1. The summed E-state index contributed by atoms with van der Waals surface area (Å²) in [6.07, 6.45) is 1.67. The van der Waals surface area contributed by atoms with Crippen LogP contribution < -0.4 is 19.6 Å². The van der Waals surface area contributed by atoms with Crippen molar-refractivity contribution in [1.82, 2.24) is 14.6 Å². The molecule has 4 aromatic rings.